The van der Waals surface area contributed by atoms with E-state index in [1.165, 1.54) is 88.7 Å². The van der Waals surface area contributed by atoms with Gasteiger partial charge in [-0.2, -0.15) is 0 Å². The summed E-state index contributed by atoms with van der Waals surface area (Å²) in [4.78, 5) is 4.92. The lowest BCUT2D eigenvalue weighted by Crippen LogP contribution is -2.66. The Bertz CT molecular complexity index is 3200. The molecule has 0 bridgehead atoms. The second kappa shape index (κ2) is 14.2. The minimum atomic E-state index is -2.36. The van der Waals surface area contributed by atoms with Crippen LogP contribution in [0.3, 0.4) is 0 Å². The molecule has 0 fully saturated rings. The third-order valence-corrected chi connectivity index (χ3v) is 25.6. The van der Waals surface area contributed by atoms with Crippen LogP contribution in [0.5, 0.6) is 0 Å². The van der Waals surface area contributed by atoms with Crippen molar-refractivity contribution in [3.05, 3.63) is 198 Å². The Labute approximate surface area is 369 Å². The van der Waals surface area contributed by atoms with E-state index in [0.29, 0.717) is 0 Å². The van der Waals surface area contributed by atoms with Gasteiger partial charge >= 0.3 is 0 Å². The van der Waals surface area contributed by atoms with Gasteiger partial charge in [0.15, 0.2) is 0 Å². The lowest BCUT2D eigenvalue weighted by Gasteiger charge is -2.49. The zero-order chi connectivity index (χ0) is 42.5. The monoisotopic (exact) mass is 834 g/mol. The molecule has 0 saturated carbocycles. The molecule has 0 aromatic heterocycles. The number of hydrogen-bond acceptors (Lipinski definition) is 2. The molecular weight excluding hydrogens is 781 g/mol. The maximum Gasteiger partial charge on any atom is 0.0942 e. The third-order valence-electron chi connectivity index (χ3n) is 14.6. The molecule has 0 amide bonds. The maximum absolute atomic E-state index is 2.72. The highest BCUT2D eigenvalue weighted by atomic mass is 28.4. The Morgan fingerprint density at radius 3 is 1.55 bits per heavy atom. The van der Waals surface area contributed by atoms with Gasteiger partial charge < -0.3 is 9.80 Å². The standard InChI is InChI=1S/C58H54N2Si2/c1-8-39-24-29-45(30-25-39)59(43-18-12-10-13-19-43)47-33-28-41-35-52-53(36-42(41)34-47)58(61(3,4)5)57-55(52)50-23-17-16-22-49(50)51-37-48(38-54(56(51)57)62(58,6)7)60(44-20-14-11-15-21-44)46-31-26-40(9-2)27-32-46/h10-38H,8-9H2,1-7H3. The second-order valence-corrected chi connectivity index (χ2v) is 29.4. The molecule has 1 aliphatic heterocycles. The molecule has 1 atom stereocenters. The molecule has 9 aromatic rings. The van der Waals surface area contributed by atoms with Crippen LogP contribution in [0.2, 0.25) is 32.7 Å². The molecule has 0 radical (unpaired) electrons. The molecule has 9 aromatic carbocycles. The normalized spacial score (nSPS) is 16.0. The fourth-order valence-corrected chi connectivity index (χ4v) is 25.5. The number of aryl methyl sites for hydroxylation is 2. The lowest BCUT2D eigenvalue weighted by molar-refractivity contribution is 0.988. The van der Waals surface area contributed by atoms with Crippen LogP contribution in [0.1, 0.15) is 36.1 Å². The van der Waals surface area contributed by atoms with Crippen LogP contribution in [0.25, 0.3) is 43.4 Å². The summed E-state index contributed by atoms with van der Waals surface area (Å²) >= 11 is 0. The second-order valence-electron chi connectivity index (χ2n) is 19.1. The van der Waals surface area contributed by atoms with Crippen molar-refractivity contribution in [2.45, 2.75) is 64.1 Å². The SMILES string of the molecule is CCc1ccc(N(c2ccccc2)c2ccc3cc4c(cc3c2)C2([Si](C)(C)C)c3c-4c4ccccc4c4cc(N(c5ccccc5)c5ccc(CC)cc5)cc(c34)[Si]2(C)C)cc1. The molecule has 0 N–H and O–H groups in total. The van der Waals surface area contributed by atoms with Gasteiger partial charge in [0, 0.05) is 38.8 Å². The minimum Gasteiger partial charge on any atom is -0.310 e. The van der Waals surface area contributed by atoms with Gasteiger partial charge in [0.05, 0.1) is 16.1 Å². The van der Waals surface area contributed by atoms with Crippen molar-refractivity contribution < 1.29 is 0 Å². The number of para-hydroxylation sites is 2. The van der Waals surface area contributed by atoms with Crippen LogP contribution in [-0.4, -0.2) is 16.1 Å². The largest absolute Gasteiger partial charge is 0.310 e. The molecule has 2 aliphatic rings. The predicted molar refractivity (Wildman–Crippen MR) is 274 cm³/mol. The van der Waals surface area contributed by atoms with Crippen LogP contribution >= 0.6 is 0 Å². The van der Waals surface area contributed by atoms with Crippen molar-refractivity contribution in [1.29, 1.82) is 0 Å². The van der Waals surface area contributed by atoms with E-state index in [9.17, 15) is 0 Å². The maximum atomic E-state index is 2.72. The molecule has 1 aliphatic carbocycles. The van der Waals surface area contributed by atoms with Crippen LogP contribution < -0.4 is 15.0 Å². The molecular formula is C58H54N2Si2. The topological polar surface area (TPSA) is 6.48 Å². The number of hydrogen-bond donors (Lipinski definition) is 0. The molecule has 62 heavy (non-hydrogen) atoms. The fraction of sp³-hybridized carbons (Fsp3) is 0.172. The molecule has 0 spiro atoms. The highest BCUT2D eigenvalue weighted by molar-refractivity contribution is 7.09. The molecule has 1 unspecified atom stereocenters. The first-order chi connectivity index (χ1) is 30.0. The van der Waals surface area contributed by atoms with Crippen molar-refractivity contribution in [2.75, 3.05) is 9.80 Å². The van der Waals surface area contributed by atoms with Gasteiger partial charge in [0.1, 0.15) is 0 Å². The summed E-state index contributed by atoms with van der Waals surface area (Å²) in [5, 5.41) is 9.87. The van der Waals surface area contributed by atoms with E-state index in [2.05, 4.69) is 232 Å². The Balaban J connectivity index is 1.18. The quantitative estimate of drug-likeness (QED) is 0.106. The summed E-state index contributed by atoms with van der Waals surface area (Å²) in [7, 11) is -4.42. The van der Waals surface area contributed by atoms with Gasteiger partial charge in [-0.25, -0.2) is 0 Å². The Morgan fingerprint density at radius 2 is 0.984 bits per heavy atom. The Hall–Kier alpha value is -6.21. The van der Waals surface area contributed by atoms with E-state index in [4.69, 9.17) is 0 Å². The van der Waals surface area contributed by atoms with Crippen LogP contribution in [0.15, 0.2) is 176 Å². The molecule has 0 saturated heterocycles. The Kier molecular flexibility index (Phi) is 8.84. The number of nitrogens with zero attached hydrogens (tertiary/aromatic N) is 2. The van der Waals surface area contributed by atoms with E-state index in [-0.39, 0.29) is 4.66 Å². The van der Waals surface area contributed by atoms with Crippen molar-refractivity contribution in [2.24, 2.45) is 0 Å². The first-order valence-corrected chi connectivity index (χ1v) is 29.1. The van der Waals surface area contributed by atoms with Crippen molar-refractivity contribution in [1.82, 2.24) is 0 Å². The van der Waals surface area contributed by atoms with Crippen molar-refractivity contribution in [3.8, 4) is 11.1 Å². The zero-order valence-corrected chi connectivity index (χ0v) is 39.1. The minimum absolute atomic E-state index is 0.0342. The van der Waals surface area contributed by atoms with E-state index in [1.54, 1.807) is 16.3 Å². The number of benzene rings is 9. The summed E-state index contributed by atoms with van der Waals surface area (Å²) < 4.78 is -0.0342. The van der Waals surface area contributed by atoms with Crippen LogP contribution in [-0.2, 0) is 17.5 Å². The summed E-state index contributed by atoms with van der Waals surface area (Å²) in [5.41, 5.74) is 16.0. The smallest absolute Gasteiger partial charge is 0.0942 e. The molecule has 11 rings (SSSR count). The number of fused-ring (bicyclic) bond motifs is 7. The zero-order valence-electron chi connectivity index (χ0n) is 37.1. The highest BCUT2D eigenvalue weighted by Gasteiger charge is 2.66. The highest BCUT2D eigenvalue weighted by Crippen LogP contribution is 2.65. The van der Waals surface area contributed by atoms with E-state index < -0.39 is 16.1 Å². The molecule has 2 nitrogen and oxygen atoms in total. The van der Waals surface area contributed by atoms with Crippen molar-refractivity contribution >= 4 is 87.8 Å². The Morgan fingerprint density at radius 1 is 0.468 bits per heavy atom. The van der Waals surface area contributed by atoms with Gasteiger partial charge in [-0.3, -0.25) is 0 Å². The first kappa shape index (κ1) is 38.7. The van der Waals surface area contributed by atoms with Gasteiger partial charge in [-0.15, -0.1) is 0 Å². The van der Waals surface area contributed by atoms with Crippen LogP contribution in [0.4, 0.5) is 34.1 Å². The summed E-state index contributed by atoms with van der Waals surface area (Å²) in [5.74, 6) is 0. The van der Waals surface area contributed by atoms with Gasteiger partial charge in [-0.1, -0.05) is 144 Å². The summed E-state index contributed by atoms with van der Waals surface area (Å²) in [6.45, 7) is 17.9. The molecule has 304 valence electrons. The van der Waals surface area contributed by atoms with Gasteiger partial charge in [0.25, 0.3) is 0 Å². The van der Waals surface area contributed by atoms with E-state index >= 15 is 0 Å². The van der Waals surface area contributed by atoms with Crippen molar-refractivity contribution in [3.63, 3.8) is 0 Å². The number of anilines is 6. The summed E-state index contributed by atoms with van der Waals surface area (Å²) in [6, 6.07) is 67.0. The summed E-state index contributed by atoms with van der Waals surface area (Å²) in [6.07, 6.45) is 2.05. The van der Waals surface area contributed by atoms with Crippen LogP contribution in [0, 0.1) is 0 Å². The average molecular weight is 835 g/mol. The first-order valence-electron chi connectivity index (χ1n) is 22.6. The fourth-order valence-electron chi connectivity index (χ4n) is 12.0. The number of rotatable bonds is 9. The van der Waals surface area contributed by atoms with Gasteiger partial charge in [0.2, 0.25) is 0 Å². The van der Waals surface area contributed by atoms with E-state index in [1.807, 2.05) is 0 Å². The van der Waals surface area contributed by atoms with Gasteiger partial charge in [-0.05, 0) is 163 Å². The van der Waals surface area contributed by atoms with E-state index in [0.717, 1.165) is 12.8 Å². The molecule has 4 heteroatoms. The lowest BCUT2D eigenvalue weighted by atomic mass is 9.90. The third kappa shape index (κ3) is 5.45. The predicted octanol–water partition coefficient (Wildman–Crippen LogP) is 15.8. The average Bonchev–Trinajstić information content (AvgIpc) is 3.72. The molecule has 1 heterocycles.